The van der Waals surface area contributed by atoms with E-state index in [-0.39, 0.29) is 5.92 Å². The van der Waals surface area contributed by atoms with Crippen LogP contribution in [0, 0.1) is 5.92 Å². The van der Waals surface area contributed by atoms with E-state index in [1.165, 1.54) is 0 Å². The Morgan fingerprint density at radius 2 is 2.10 bits per heavy atom. The maximum atomic E-state index is 10.5. The summed E-state index contributed by atoms with van der Waals surface area (Å²) in [6, 6.07) is 9.42. The second kappa shape index (κ2) is 6.22. The van der Waals surface area contributed by atoms with Crippen molar-refractivity contribution >= 4 is 28.9 Å². The molecule has 2 unspecified atom stereocenters. The maximum absolute atomic E-state index is 10.5. The van der Waals surface area contributed by atoms with Gasteiger partial charge in [0.05, 0.1) is 16.1 Å². The highest BCUT2D eigenvalue weighted by Crippen LogP contribution is 2.34. The Morgan fingerprint density at radius 3 is 2.81 bits per heavy atom. The van der Waals surface area contributed by atoms with Crippen LogP contribution in [0.4, 0.5) is 5.69 Å². The smallest absolute Gasteiger partial charge is 0.0850 e. The molecule has 1 aromatic heterocycles. The highest BCUT2D eigenvalue weighted by atomic mass is 35.5. The van der Waals surface area contributed by atoms with Gasteiger partial charge in [0.1, 0.15) is 0 Å². The first kappa shape index (κ1) is 14.6. The Morgan fingerprint density at radius 1 is 1.24 bits per heavy atom. The normalized spacial score (nSPS) is 19.8. The second-order valence-electron chi connectivity index (χ2n) is 5.32. The van der Waals surface area contributed by atoms with Crippen molar-refractivity contribution in [3.8, 4) is 0 Å². The van der Waals surface area contributed by atoms with E-state index < -0.39 is 6.10 Å². The molecule has 2 atom stereocenters. The molecule has 1 saturated heterocycles. The van der Waals surface area contributed by atoms with E-state index in [4.69, 9.17) is 23.2 Å². The third-order valence-electron chi connectivity index (χ3n) is 3.97. The second-order valence-corrected chi connectivity index (χ2v) is 6.14. The van der Waals surface area contributed by atoms with Gasteiger partial charge in [-0.1, -0.05) is 29.3 Å². The summed E-state index contributed by atoms with van der Waals surface area (Å²) >= 11 is 12.0. The van der Waals surface area contributed by atoms with Gasteiger partial charge in [-0.3, -0.25) is 4.98 Å². The van der Waals surface area contributed by atoms with E-state index in [2.05, 4.69) is 9.88 Å². The van der Waals surface area contributed by atoms with Crippen molar-refractivity contribution in [2.24, 2.45) is 5.92 Å². The Kier molecular flexibility index (Phi) is 4.34. The van der Waals surface area contributed by atoms with Crippen molar-refractivity contribution in [3.63, 3.8) is 0 Å². The largest absolute Gasteiger partial charge is 0.388 e. The number of aliphatic hydroxyl groups excluding tert-OH is 1. The Balaban J connectivity index is 1.72. The molecule has 21 heavy (non-hydrogen) atoms. The minimum absolute atomic E-state index is 0.198. The molecule has 0 aliphatic carbocycles. The third kappa shape index (κ3) is 3.15. The minimum Gasteiger partial charge on any atom is -0.388 e. The third-order valence-corrected chi connectivity index (χ3v) is 4.70. The first-order chi connectivity index (χ1) is 10.1. The zero-order valence-electron chi connectivity index (χ0n) is 11.4. The van der Waals surface area contributed by atoms with Crippen molar-refractivity contribution in [2.75, 3.05) is 18.0 Å². The molecule has 5 heteroatoms. The number of aromatic nitrogens is 1. The van der Waals surface area contributed by atoms with Gasteiger partial charge >= 0.3 is 0 Å². The number of hydrogen-bond acceptors (Lipinski definition) is 3. The summed E-state index contributed by atoms with van der Waals surface area (Å²) in [5.41, 5.74) is 1.92. The van der Waals surface area contributed by atoms with Gasteiger partial charge in [0.15, 0.2) is 0 Å². The number of halogens is 2. The number of nitrogens with zero attached hydrogens (tertiary/aromatic N) is 2. The zero-order valence-corrected chi connectivity index (χ0v) is 12.9. The van der Waals surface area contributed by atoms with E-state index in [0.29, 0.717) is 10.0 Å². The van der Waals surface area contributed by atoms with Gasteiger partial charge < -0.3 is 10.0 Å². The van der Waals surface area contributed by atoms with Gasteiger partial charge in [-0.2, -0.15) is 0 Å². The van der Waals surface area contributed by atoms with Crippen molar-refractivity contribution < 1.29 is 5.11 Å². The predicted molar refractivity (Wildman–Crippen MR) is 86.0 cm³/mol. The minimum atomic E-state index is -0.480. The summed E-state index contributed by atoms with van der Waals surface area (Å²) < 4.78 is 0. The zero-order chi connectivity index (χ0) is 14.8. The number of aliphatic hydroxyl groups is 1. The molecule has 0 amide bonds. The lowest BCUT2D eigenvalue weighted by Crippen LogP contribution is -2.22. The average Bonchev–Trinajstić information content (AvgIpc) is 3.00. The van der Waals surface area contributed by atoms with Gasteiger partial charge in [-0.25, -0.2) is 0 Å². The summed E-state index contributed by atoms with van der Waals surface area (Å²) in [5, 5.41) is 11.6. The summed E-state index contributed by atoms with van der Waals surface area (Å²) in [6.07, 6.45) is 3.90. The van der Waals surface area contributed by atoms with Crippen molar-refractivity contribution in [1.82, 2.24) is 4.98 Å². The van der Waals surface area contributed by atoms with E-state index in [1.54, 1.807) is 12.4 Å². The lowest BCUT2D eigenvalue weighted by molar-refractivity contribution is 0.119. The molecule has 3 nitrogen and oxygen atoms in total. The first-order valence-electron chi connectivity index (χ1n) is 6.93. The predicted octanol–water partition coefficient (Wildman–Crippen LogP) is 3.95. The Hall–Kier alpha value is -1.29. The lowest BCUT2D eigenvalue weighted by atomic mass is 9.96. The summed E-state index contributed by atoms with van der Waals surface area (Å²) in [7, 11) is 0. The molecule has 0 saturated carbocycles. The van der Waals surface area contributed by atoms with Crippen LogP contribution in [0.25, 0.3) is 0 Å². The quantitative estimate of drug-likeness (QED) is 0.929. The van der Waals surface area contributed by atoms with Gasteiger partial charge in [0.25, 0.3) is 0 Å². The van der Waals surface area contributed by atoms with E-state index in [1.807, 2.05) is 30.3 Å². The van der Waals surface area contributed by atoms with Crippen LogP contribution < -0.4 is 4.90 Å². The van der Waals surface area contributed by atoms with E-state index in [0.717, 1.165) is 30.8 Å². The first-order valence-corrected chi connectivity index (χ1v) is 7.69. The molecule has 3 rings (SSSR count). The van der Waals surface area contributed by atoms with Crippen LogP contribution in [-0.2, 0) is 0 Å². The molecular weight excluding hydrogens is 307 g/mol. The maximum Gasteiger partial charge on any atom is 0.0850 e. The monoisotopic (exact) mass is 322 g/mol. The van der Waals surface area contributed by atoms with Crippen LogP contribution in [0.1, 0.15) is 18.1 Å². The molecule has 2 heterocycles. The molecule has 0 spiro atoms. The lowest BCUT2D eigenvalue weighted by Gasteiger charge is -2.21. The van der Waals surface area contributed by atoms with Crippen LogP contribution in [0.5, 0.6) is 0 Å². The Labute approximate surface area is 134 Å². The van der Waals surface area contributed by atoms with Crippen LogP contribution in [0.15, 0.2) is 42.7 Å². The van der Waals surface area contributed by atoms with Gasteiger partial charge in [-0.15, -0.1) is 0 Å². The Bertz CT molecular complexity index is 621. The summed E-state index contributed by atoms with van der Waals surface area (Å²) in [6.45, 7) is 1.70. The fourth-order valence-electron chi connectivity index (χ4n) is 2.78. The standard InChI is InChI=1S/C16H16Cl2N2O/c17-14-4-3-13(8-15(14)18)20-7-5-12(10-20)16(21)11-2-1-6-19-9-11/h1-4,6,8-9,12,16,21H,5,7,10H2. The molecule has 1 aliphatic heterocycles. The summed E-state index contributed by atoms with van der Waals surface area (Å²) in [4.78, 5) is 6.30. The highest BCUT2D eigenvalue weighted by molar-refractivity contribution is 6.42. The number of benzene rings is 1. The molecule has 1 N–H and O–H groups in total. The number of hydrogen-bond donors (Lipinski definition) is 1. The fourth-order valence-corrected chi connectivity index (χ4v) is 3.08. The number of anilines is 1. The number of pyridine rings is 1. The van der Waals surface area contributed by atoms with Crippen molar-refractivity contribution in [3.05, 3.63) is 58.3 Å². The van der Waals surface area contributed by atoms with E-state index in [9.17, 15) is 5.11 Å². The van der Waals surface area contributed by atoms with Crippen molar-refractivity contribution in [1.29, 1.82) is 0 Å². The van der Waals surface area contributed by atoms with Crippen LogP contribution in [0.3, 0.4) is 0 Å². The van der Waals surface area contributed by atoms with Crippen molar-refractivity contribution in [2.45, 2.75) is 12.5 Å². The molecule has 2 aromatic rings. The van der Waals surface area contributed by atoms with Gasteiger partial charge in [0, 0.05) is 37.1 Å². The molecule has 1 aliphatic rings. The number of rotatable bonds is 3. The van der Waals surface area contributed by atoms with Crippen LogP contribution >= 0.6 is 23.2 Å². The highest BCUT2D eigenvalue weighted by Gasteiger charge is 2.29. The molecule has 1 fully saturated rings. The van der Waals surface area contributed by atoms with Gasteiger partial charge in [-0.05, 0) is 36.2 Å². The molecule has 110 valence electrons. The molecular formula is C16H16Cl2N2O. The van der Waals surface area contributed by atoms with E-state index >= 15 is 0 Å². The average molecular weight is 323 g/mol. The topological polar surface area (TPSA) is 36.4 Å². The van der Waals surface area contributed by atoms with Crippen LogP contribution in [-0.4, -0.2) is 23.2 Å². The molecule has 1 aromatic carbocycles. The SMILES string of the molecule is OC(c1cccnc1)C1CCN(c2ccc(Cl)c(Cl)c2)C1. The summed E-state index contributed by atoms with van der Waals surface area (Å²) in [5.74, 6) is 0.198. The fraction of sp³-hybridized carbons (Fsp3) is 0.312. The molecule has 0 radical (unpaired) electrons. The van der Waals surface area contributed by atoms with Gasteiger partial charge in [0.2, 0.25) is 0 Å². The van der Waals surface area contributed by atoms with Crippen LogP contribution in [0.2, 0.25) is 10.0 Å². The molecule has 0 bridgehead atoms.